The SMILES string of the molecule is C[C@@H](CC(=O)c1cnc(N)n1C)c1ncc(C(=O)Nc2cc(C(F)(F)F)c(Cl)cn2)s1. The normalized spacial score (nSPS) is 12.6. The van der Waals surface area contributed by atoms with Gasteiger partial charge in [0.05, 0.1) is 28.0 Å². The number of carbonyl (C=O) groups excluding carboxylic acids is 2. The number of nitrogen functional groups attached to an aromatic ring is 1. The van der Waals surface area contributed by atoms with Gasteiger partial charge in [-0.05, 0) is 6.07 Å². The molecule has 0 bridgehead atoms. The first-order valence-corrected chi connectivity index (χ1v) is 9.97. The molecule has 3 aromatic heterocycles. The molecule has 0 spiro atoms. The number of thiazole rings is 1. The Hall–Kier alpha value is -2.99. The maximum atomic E-state index is 13.0. The van der Waals surface area contributed by atoms with Crippen LogP contribution >= 0.6 is 22.9 Å². The van der Waals surface area contributed by atoms with Crippen LogP contribution in [0.4, 0.5) is 24.9 Å². The fourth-order valence-electron chi connectivity index (χ4n) is 2.68. The number of ketones is 1. The first-order chi connectivity index (χ1) is 14.5. The van der Waals surface area contributed by atoms with E-state index in [-0.39, 0.29) is 34.8 Å². The second-order valence-electron chi connectivity index (χ2n) is 6.65. The second-order valence-corrected chi connectivity index (χ2v) is 8.12. The van der Waals surface area contributed by atoms with Crippen molar-refractivity contribution in [3.05, 3.63) is 50.8 Å². The van der Waals surface area contributed by atoms with Gasteiger partial charge in [-0.2, -0.15) is 13.2 Å². The molecule has 0 saturated carbocycles. The van der Waals surface area contributed by atoms with Crippen molar-refractivity contribution in [3.8, 4) is 0 Å². The smallest absolute Gasteiger partial charge is 0.369 e. The van der Waals surface area contributed by atoms with E-state index in [0.29, 0.717) is 16.8 Å². The standard InChI is InChI=1S/C18H16ClF3N6O2S/c1-8(3-12(29)11-6-26-17(23)28(11)2)16-25-7-13(31-16)15(30)27-14-4-9(18(20,21)22)10(19)5-24-14/h4-8H,3H2,1-2H3,(H2,23,26)(H,24,27,30)/t8-/m0/s1. The third-order valence-corrected chi connectivity index (χ3v) is 5.90. The first-order valence-electron chi connectivity index (χ1n) is 8.77. The molecule has 0 aromatic carbocycles. The lowest BCUT2D eigenvalue weighted by molar-refractivity contribution is -0.137. The molecule has 0 fully saturated rings. The number of hydrogen-bond donors (Lipinski definition) is 2. The van der Waals surface area contributed by atoms with Gasteiger partial charge in [0.2, 0.25) is 0 Å². The van der Waals surface area contributed by atoms with E-state index in [1.54, 1.807) is 14.0 Å². The highest BCUT2D eigenvalue weighted by Gasteiger charge is 2.34. The van der Waals surface area contributed by atoms with E-state index in [0.717, 1.165) is 17.5 Å². The van der Waals surface area contributed by atoms with E-state index in [1.165, 1.54) is 17.0 Å². The quantitative estimate of drug-likeness (QED) is 0.520. The number of halogens is 4. The average molecular weight is 473 g/mol. The lowest BCUT2D eigenvalue weighted by Gasteiger charge is -2.10. The van der Waals surface area contributed by atoms with Crippen LogP contribution in [0, 0.1) is 0 Å². The number of imidazole rings is 1. The fourth-order valence-corrected chi connectivity index (χ4v) is 3.75. The summed E-state index contributed by atoms with van der Waals surface area (Å²) < 4.78 is 40.4. The Morgan fingerprint density at radius 3 is 2.58 bits per heavy atom. The minimum absolute atomic E-state index is 0.112. The van der Waals surface area contributed by atoms with Gasteiger partial charge in [0.25, 0.3) is 5.91 Å². The molecular weight excluding hydrogens is 457 g/mol. The van der Waals surface area contributed by atoms with Crippen LogP contribution in [0.5, 0.6) is 0 Å². The molecule has 0 aliphatic heterocycles. The zero-order chi connectivity index (χ0) is 22.9. The summed E-state index contributed by atoms with van der Waals surface area (Å²) in [5, 5.41) is 2.25. The van der Waals surface area contributed by atoms with Gasteiger partial charge in [0, 0.05) is 25.6 Å². The first kappa shape index (κ1) is 22.7. The number of nitrogens with one attached hydrogen (secondary N) is 1. The summed E-state index contributed by atoms with van der Waals surface area (Å²) >= 11 is 6.56. The molecular formula is C18H16ClF3N6O2S. The molecule has 1 amide bonds. The molecule has 1 atom stereocenters. The second kappa shape index (κ2) is 8.63. The number of nitrogens with two attached hydrogens (primary N) is 1. The third-order valence-electron chi connectivity index (χ3n) is 4.37. The molecule has 0 saturated heterocycles. The van der Waals surface area contributed by atoms with Crippen LogP contribution in [0.3, 0.4) is 0 Å². The number of pyridine rings is 1. The van der Waals surface area contributed by atoms with Crippen LogP contribution in [0.1, 0.15) is 50.0 Å². The van der Waals surface area contributed by atoms with E-state index < -0.39 is 22.7 Å². The van der Waals surface area contributed by atoms with Crippen molar-refractivity contribution in [3.63, 3.8) is 0 Å². The summed E-state index contributed by atoms with van der Waals surface area (Å²) in [6.45, 7) is 1.77. The number of Topliss-reactive ketones (excluding diaryl/α,β-unsaturated/α-hetero) is 1. The Balaban J connectivity index is 1.69. The molecule has 8 nitrogen and oxygen atoms in total. The zero-order valence-corrected chi connectivity index (χ0v) is 17.8. The van der Waals surface area contributed by atoms with Crippen LogP contribution in [-0.2, 0) is 13.2 Å². The highest BCUT2D eigenvalue weighted by Crippen LogP contribution is 2.35. The third kappa shape index (κ3) is 5.02. The number of anilines is 2. The van der Waals surface area contributed by atoms with Crippen molar-refractivity contribution in [2.75, 3.05) is 11.1 Å². The van der Waals surface area contributed by atoms with E-state index in [2.05, 4.69) is 20.3 Å². The van der Waals surface area contributed by atoms with Gasteiger partial charge in [-0.1, -0.05) is 18.5 Å². The van der Waals surface area contributed by atoms with Crippen LogP contribution in [-0.4, -0.2) is 31.2 Å². The van der Waals surface area contributed by atoms with Crippen LogP contribution in [0.15, 0.2) is 24.7 Å². The summed E-state index contributed by atoms with van der Waals surface area (Å²) in [5.74, 6) is -1.25. The van der Waals surface area contributed by atoms with Gasteiger partial charge < -0.3 is 15.6 Å². The molecule has 0 aliphatic rings. The van der Waals surface area contributed by atoms with E-state index in [4.69, 9.17) is 17.3 Å². The minimum atomic E-state index is -4.68. The molecule has 3 rings (SSSR count). The number of alkyl halides is 3. The molecule has 13 heteroatoms. The Labute approximate surface area is 183 Å². The number of nitrogens with zero attached hydrogens (tertiary/aromatic N) is 4. The summed E-state index contributed by atoms with van der Waals surface area (Å²) in [6, 6.07) is 0.656. The predicted molar refractivity (Wildman–Crippen MR) is 109 cm³/mol. The largest absolute Gasteiger partial charge is 0.418 e. The van der Waals surface area contributed by atoms with Crippen LogP contribution in [0.2, 0.25) is 5.02 Å². The Kier molecular flexibility index (Phi) is 6.32. The van der Waals surface area contributed by atoms with Crippen LogP contribution < -0.4 is 11.1 Å². The summed E-state index contributed by atoms with van der Waals surface area (Å²) in [6.07, 6.45) is -1.08. The van der Waals surface area contributed by atoms with Gasteiger partial charge in [0.1, 0.15) is 16.4 Å². The molecule has 0 radical (unpaired) electrons. The lowest BCUT2D eigenvalue weighted by atomic mass is 10.0. The van der Waals surface area contributed by atoms with E-state index in [1.807, 2.05) is 0 Å². The van der Waals surface area contributed by atoms with Crippen molar-refractivity contribution < 1.29 is 22.8 Å². The monoisotopic (exact) mass is 472 g/mol. The molecule has 0 aliphatic carbocycles. The predicted octanol–water partition coefficient (Wildman–Crippen LogP) is 4.15. The van der Waals surface area contributed by atoms with Crippen LogP contribution in [0.25, 0.3) is 0 Å². The Morgan fingerprint density at radius 1 is 1.26 bits per heavy atom. The Bertz CT molecular complexity index is 1140. The topological polar surface area (TPSA) is 116 Å². The average Bonchev–Trinajstić information content (AvgIpc) is 3.30. The summed E-state index contributed by atoms with van der Waals surface area (Å²) in [7, 11) is 1.63. The van der Waals surface area contributed by atoms with Crippen molar-refractivity contribution in [1.29, 1.82) is 0 Å². The van der Waals surface area contributed by atoms with E-state index >= 15 is 0 Å². The molecule has 164 valence electrons. The van der Waals surface area contributed by atoms with Gasteiger partial charge in [-0.25, -0.2) is 15.0 Å². The van der Waals surface area contributed by atoms with Crippen molar-refractivity contribution >= 4 is 46.4 Å². The van der Waals surface area contributed by atoms with E-state index in [9.17, 15) is 22.8 Å². The number of rotatable bonds is 6. The van der Waals surface area contributed by atoms with Gasteiger partial charge in [-0.3, -0.25) is 9.59 Å². The molecule has 3 N–H and O–H groups in total. The molecule has 31 heavy (non-hydrogen) atoms. The number of hydrogen-bond acceptors (Lipinski definition) is 7. The Morgan fingerprint density at radius 2 is 1.97 bits per heavy atom. The number of carbonyl (C=O) groups is 2. The van der Waals surface area contributed by atoms with Gasteiger partial charge >= 0.3 is 6.18 Å². The molecule has 3 heterocycles. The maximum absolute atomic E-state index is 13.0. The zero-order valence-electron chi connectivity index (χ0n) is 16.2. The number of aromatic nitrogens is 4. The highest BCUT2D eigenvalue weighted by molar-refractivity contribution is 7.13. The van der Waals surface area contributed by atoms with Gasteiger partial charge in [-0.15, -0.1) is 11.3 Å². The summed E-state index contributed by atoms with van der Waals surface area (Å²) in [5.41, 5.74) is 4.88. The van der Waals surface area contributed by atoms with Crippen molar-refractivity contribution in [2.45, 2.75) is 25.4 Å². The lowest BCUT2D eigenvalue weighted by Crippen LogP contribution is -2.13. The molecule has 3 aromatic rings. The summed E-state index contributed by atoms with van der Waals surface area (Å²) in [4.78, 5) is 36.8. The van der Waals surface area contributed by atoms with Crippen molar-refractivity contribution in [2.24, 2.45) is 7.05 Å². The number of amides is 1. The van der Waals surface area contributed by atoms with Crippen molar-refractivity contribution in [1.82, 2.24) is 19.5 Å². The maximum Gasteiger partial charge on any atom is 0.418 e. The minimum Gasteiger partial charge on any atom is -0.369 e. The van der Waals surface area contributed by atoms with Gasteiger partial charge in [0.15, 0.2) is 11.7 Å². The highest BCUT2D eigenvalue weighted by atomic mass is 35.5. The fraction of sp³-hybridized carbons (Fsp3) is 0.278. The molecule has 0 unspecified atom stereocenters.